The average molecular weight is 422 g/mol. The third kappa shape index (κ3) is 4.37. The fourth-order valence-electron chi connectivity index (χ4n) is 3.87. The SMILES string of the molecule is Cc1ccc(Cl)cc1NC(=O)COC(=O)CN1C(=O)N[C@@]2(CCCC[C@@H]2C)C1=O. The number of nitrogens with zero attached hydrogens (tertiary/aromatic N) is 1. The molecule has 0 aromatic heterocycles. The molecule has 2 fully saturated rings. The first kappa shape index (κ1) is 21.1. The molecule has 1 aliphatic heterocycles. The summed E-state index contributed by atoms with van der Waals surface area (Å²) in [5, 5.41) is 5.85. The van der Waals surface area contributed by atoms with Crippen molar-refractivity contribution in [3.8, 4) is 0 Å². The molecule has 1 spiro atoms. The van der Waals surface area contributed by atoms with Crippen molar-refractivity contribution in [1.29, 1.82) is 0 Å². The largest absolute Gasteiger partial charge is 0.454 e. The predicted octanol–water partition coefficient (Wildman–Crippen LogP) is 2.63. The van der Waals surface area contributed by atoms with Crippen LogP contribution in [0.5, 0.6) is 0 Å². The van der Waals surface area contributed by atoms with E-state index >= 15 is 0 Å². The number of carbonyl (C=O) groups excluding carboxylic acids is 4. The van der Waals surface area contributed by atoms with Gasteiger partial charge in [0, 0.05) is 10.7 Å². The zero-order valence-electron chi connectivity index (χ0n) is 16.4. The number of imide groups is 1. The van der Waals surface area contributed by atoms with Crippen LogP contribution < -0.4 is 10.6 Å². The molecule has 2 aliphatic rings. The Morgan fingerprint density at radius 3 is 2.83 bits per heavy atom. The monoisotopic (exact) mass is 421 g/mol. The highest BCUT2D eigenvalue weighted by Gasteiger charge is 2.55. The van der Waals surface area contributed by atoms with Crippen molar-refractivity contribution in [2.24, 2.45) is 5.92 Å². The van der Waals surface area contributed by atoms with Crippen LogP contribution in [0.3, 0.4) is 0 Å². The fraction of sp³-hybridized carbons (Fsp3) is 0.500. The molecule has 1 aromatic rings. The Morgan fingerprint density at radius 2 is 2.10 bits per heavy atom. The van der Waals surface area contributed by atoms with E-state index in [1.807, 2.05) is 6.92 Å². The van der Waals surface area contributed by atoms with Crippen molar-refractivity contribution >= 4 is 41.1 Å². The Morgan fingerprint density at radius 1 is 1.34 bits per heavy atom. The highest BCUT2D eigenvalue weighted by atomic mass is 35.5. The second-order valence-electron chi connectivity index (χ2n) is 7.61. The van der Waals surface area contributed by atoms with E-state index in [1.54, 1.807) is 25.1 Å². The Hall–Kier alpha value is -2.61. The van der Waals surface area contributed by atoms with Crippen molar-refractivity contribution in [2.75, 3.05) is 18.5 Å². The van der Waals surface area contributed by atoms with E-state index < -0.39 is 42.5 Å². The molecular formula is C20H24ClN3O5. The van der Waals surface area contributed by atoms with Gasteiger partial charge in [-0.25, -0.2) is 4.79 Å². The maximum absolute atomic E-state index is 12.8. The summed E-state index contributed by atoms with van der Waals surface area (Å²) in [7, 11) is 0. The van der Waals surface area contributed by atoms with Gasteiger partial charge < -0.3 is 15.4 Å². The van der Waals surface area contributed by atoms with Gasteiger partial charge in [0.05, 0.1) is 0 Å². The van der Waals surface area contributed by atoms with Crippen LogP contribution in [0.1, 0.15) is 38.2 Å². The summed E-state index contributed by atoms with van der Waals surface area (Å²) >= 11 is 5.91. The fourth-order valence-corrected chi connectivity index (χ4v) is 4.05. The van der Waals surface area contributed by atoms with Crippen molar-refractivity contribution in [2.45, 2.75) is 45.1 Å². The molecule has 2 atom stereocenters. The summed E-state index contributed by atoms with van der Waals surface area (Å²) in [5.41, 5.74) is 0.387. The molecule has 0 radical (unpaired) electrons. The summed E-state index contributed by atoms with van der Waals surface area (Å²) in [6.07, 6.45) is 3.26. The van der Waals surface area contributed by atoms with Crippen molar-refractivity contribution < 1.29 is 23.9 Å². The lowest BCUT2D eigenvalue weighted by Crippen LogP contribution is -2.54. The number of hydrogen-bond donors (Lipinski definition) is 2. The summed E-state index contributed by atoms with van der Waals surface area (Å²) in [5.74, 6) is -1.77. The van der Waals surface area contributed by atoms with Gasteiger partial charge in [-0.2, -0.15) is 0 Å². The second-order valence-corrected chi connectivity index (χ2v) is 8.04. The predicted molar refractivity (Wildman–Crippen MR) is 106 cm³/mol. The molecule has 8 nitrogen and oxygen atoms in total. The Labute approximate surface area is 173 Å². The van der Waals surface area contributed by atoms with Crippen LogP contribution in [0.15, 0.2) is 18.2 Å². The van der Waals surface area contributed by atoms with Crippen molar-refractivity contribution in [3.63, 3.8) is 0 Å². The van der Waals surface area contributed by atoms with Gasteiger partial charge in [-0.1, -0.05) is 37.4 Å². The topological polar surface area (TPSA) is 105 Å². The number of benzene rings is 1. The van der Waals surface area contributed by atoms with E-state index in [0.717, 1.165) is 29.7 Å². The minimum absolute atomic E-state index is 0.000402. The number of aryl methyl sites for hydroxylation is 1. The summed E-state index contributed by atoms with van der Waals surface area (Å²) in [6.45, 7) is 2.68. The lowest BCUT2D eigenvalue weighted by Gasteiger charge is -2.36. The van der Waals surface area contributed by atoms with Gasteiger partial charge in [0.15, 0.2) is 6.61 Å². The highest BCUT2D eigenvalue weighted by Crippen LogP contribution is 2.38. The van der Waals surface area contributed by atoms with Crippen LogP contribution in [0.2, 0.25) is 5.02 Å². The molecule has 1 saturated carbocycles. The molecule has 1 heterocycles. The number of amides is 4. The first-order valence-electron chi connectivity index (χ1n) is 9.58. The number of carbonyl (C=O) groups is 4. The zero-order chi connectivity index (χ0) is 21.2. The van der Waals surface area contributed by atoms with Crippen LogP contribution in [0, 0.1) is 12.8 Å². The molecule has 4 amide bonds. The number of anilines is 1. The number of nitrogens with one attached hydrogen (secondary N) is 2. The number of esters is 1. The van der Waals surface area contributed by atoms with Gasteiger partial charge in [-0.3, -0.25) is 19.3 Å². The minimum Gasteiger partial charge on any atom is -0.454 e. The number of rotatable bonds is 5. The van der Waals surface area contributed by atoms with Gasteiger partial charge in [0.2, 0.25) is 0 Å². The lowest BCUT2D eigenvalue weighted by atomic mass is 9.73. The molecule has 0 unspecified atom stereocenters. The van der Waals surface area contributed by atoms with Gasteiger partial charge in [0.25, 0.3) is 11.8 Å². The van der Waals surface area contributed by atoms with Gasteiger partial charge >= 0.3 is 12.0 Å². The van der Waals surface area contributed by atoms with E-state index in [1.165, 1.54) is 0 Å². The normalized spacial score (nSPS) is 23.8. The molecule has 1 saturated heterocycles. The van der Waals surface area contributed by atoms with E-state index in [2.05, 4.69) is 10.6 Å². The standard InChI is InChI=1S/C20H24ClN3O5/c1-12-6-7-14(21)9-15(12)22-16(25)11-29-17(26)10-24-18(27)20(23-19(24)28)8-4-3-5-13(20)2/h6-7,9,13H,3-5,8,10-11H2,1-2H3,(H,22,25)(H,23,28)/t13-,20+/m0/s1. The summed E-state index contributed by atoms with van der Waals surface area (Å²) in [4.78, 5) is 50.2. The van der Waals surface area contributed by atoms with Crippen LogP contribution in [-0.4, -0.2) is 47.4 Å². The molecule has 1 aromatic carbocycles. The van der Waals surface area contributed by atoms with Crippen molar-refractivity contribution in [1.82, 2.24) is 10.2 Å². The Balaban J connectivity index is 1.54. The maximum Gasteiger partial charge on any atom is 0.326 e. The number of ether oxygens (including phenoxy) is 1. The third-order valence-corrected chi connectivity index (χ3v) is 5.86. The zero-order valence-corrected chi connectivity index (χ0v) is 17.2. The summed E-state index contributed by atoms with van der Waals surface area (Å²) in [6, 6.07) is 4.45. The second kappa shape index (κ2) is 8.41. The Bertz CT molecular complexity index is 859. The van der Waals surface area contributed by atoms with Crippen LogP contribution in [-0.2, 0) is 19.1 Å². The smallest absolute Gasteiger partial charge is 0.326 e. The first-order chi connectivity index (χ1) is 13.7. The first-order valence-corrected chi connectivity index (χ1v) is 9.96. The van der Waals surface area contributed by atoms with E-state index in [4.69, 9.17) is 16.3 Å². The minimum atomic E-state index is -0.933. The molecular weight excluding hydrogens is 398 g/mol. The van der Waals surface area contributed by atoms with Gasteiger partial charge in [0.1, 0.15) is 12.1 Å². The molecule has 1 aliphatic carbocycles. The Kier molecular flexibility index (Phi) is 6.12. The number of hydrogen-bond acceptors (Lipinski definition) is 5. The summed E-state index contributed by atoms with van der Waals surface area (Å²) < 4.78 is 4.95. The molecule has 3 rings (SSSR count). The van der Waals surface area contributed by atoms with Crippen LogP contribution in [0.25, 0.3) is 0 Å². The van der Waals surface area contributed by atoms with Crippen molar-refractivity contribution in [3.05, 3.63) is 28.8 Å². The quantitative estimate of drug-likeness (QED) is 0.561. The number of halogens is 1. The highest BCUT2D eigenvalue weighted by molar-refractivity contribution is 6.31. The van der Waals surface area contributed by atoms with Crippen LogP contribution >= 0.6 is 11.6 Å². The van der Waals surface area contributed by atoms with Crippen LogP contribution in [0.4, 0.5) is 10.5 Å². The maximum atomic E-state index is 12.8. The molecule has 9 heteroatoms. The molecule has 156 valence electrons. The van der Waals surface area contributed by atoms with Gasteiger partial charge in [-0.15, -0.1) is 0 Å². The van der Waals surface area contributed by atoms with Gasteiger partial charge in [-0.05, 0) is 43.4 Å². The van der Waals surface area contributed by atoms with E-state index in [-0.39, 0.29) is 5.92 Å². The lowest BCUT2D eigenvalue weighted by molar-refractivity contribution is -0.150. The number of urea groups is 1. The van der Waals surface area contributed by atoms with E-state index in [9.17, 15) is 19.2 Å². The molecule has 29 heavy (non-hydrogen) atoms. The third-order valence-electron chi connectivity index (χ3n) is 5.63. The average Bonchev–Trinajstić information content (AvgIpc) is 2.90. The molecule has 0 bridgehead atoms. The molecule has 2 N–H and O–H groups in total. The van der Waals surface area contributed by atoms with E-state index in [0.29, 0.717) is 17.1 Å².